The molecule has 0 unspecified atom stereocenters. The summed E-state index contributed by atoms with van der Waals surface area (Å²) in [5, 5.41) is 0. The highest BCUT2D eigenvalue weighted by Crippen LogP contribution is 2.20. The Morgan fingerprint density at radius 2 is 2.00 bits per heavy atom. The summed E-state index contributed by atoms with van der Waals surface area (Å²) in [6.07, 6.45) is -4.61. The first-order valence-corrected chi connectivity index (χ1v) is 2.86. The molecule has 0 radical (unpaired) electrons. The van der Waals surface area contributed by atoms with Crippen molar-refractivity contribution in [1.82, 2.24) is 0 Å². The molecular weight excluding hydrogens is 159 g/mol. The minimum absolute atomic E-state index is 0.0673. The molecule has 0 atom stereocenters. The minimum Gasteiger partial charge on any atom is -0.366 e. The molecule has 2 nitrogen and oxygen atoms in total. The Hall–Kier alpha value is -1.00. The normalized spacial score (nSPS) is 13.3. The fourth-order valence-corrected chi connectivity index (χ4v) is 0.369. The fraction of sp³-hybridized carbons (Fsp3) is 0.500. The third kappa shape index (κ3) is 5.44. The Balaban J connectivity index is 4.04. The maximum atomic E-state index is 11.5. The molecule has 11 heavy (non-hydrogen) atoms. The van der Waals surface area contributed by atoms with Crippen molar-refractivity contribution < 1.29 is 18.0 Å². The predicted octanol–water partition coefficient (Wildman–Crippen LogP) is 1.37. The van der Waals surface area contributed by atoms with Gasteiger partial charge in [-0.2, -0.15) is 13.2 Å². The van der Waals surface area contributed by atoms with Gasteiger partial charge in [-0.05, 0) is 6.92 Å². The molecule has 0 saturated heterocycles. The van der Waals surface area contributed by atoms with Gasteiger partial charge in [-0.3, -0.25) is 4.79 Å². The van der Waals surface area contributed by atoms with Crippen LogP contribution >= 0.6 is 0 Å². The molecule has 5 heteroatoms. The molecule has 0 aromatic carbocycles. The number of allylic oxidation sites excluding steroid dienone is 1. The van der Waals surface area contributed by atoms with Crippen molar-refractivity contribution in [3.63, 3.8) is 0 Å². The van der Waals surface area contributed by atoms with Gasteiger partial charge in [-0.1, -0.05) is 6.08 Å². The number of primary amides is 1. The molecule has 0 bridgehead atoms. The summed E-state index contributed by atoms with van der Waals surface area (Å²) in [6, 6.07) is 0. The molecule has 0 heterocycles. The number of hydrogen-bond donors (Lipinski definition) is 1. The summed E-state index contributed by atoms with van der Waals surface area (Å²) in [7, 11) is 0. The highest BCUT2D eigenvalue weighted by Gasteiger charge is 2.25. The van der Waals surface area contributed by atoms with Gasteiger partial charge >= 0.3 is 6.18 Å². The SMILES string of the molecule is CC(=CCC(F)(F)F)C(N)=O. The van der Waals surface area contributed by atoms with Crippen molar-refractivity contribution in [1.29, 1.82) is 0 Å². The Morgan fingerprint density at radius 3 is 2.27 bits per heavy atom. The highest BCUT2D eigenvalue weighted by molar-refractivity contribution is 5.91. The number of hydrogen-bond acceptors (Lipinski definition) is 1. The lowest BCUT2D eigenvalue weighted by Crippen LogP contribution is -2.13. The molecule has 0 aromatic rings. The molecule has 64 valence electrons. The van der Waals surface area contributed by atoms with Crippen LogP contribution in [0.5, 0.6) is 0 Å². The summed E-state index contributed by atoms with van der Waals surface area (Å²) in [5.41, 5.74) is 4.62. The van der Waals surface area contributed by atoms with Gasteiger partial charge in [-0.25, -0.2) is 0 Å². The molecule has 0 rings (SSSR count). The van der Waals surface area contributed by atoms with Gasteiger partial charge in [0.25, 0.3) is 0 Å². The number of nitrogens with two attached hydrogens (primary N) is 1. The van der Waals surface area contributed by atoms with Gasteiger partial charge in [0.05, 0.1) is 6.42 Å². The van der Waals surface area contributed by atoms with Crippen molar-refractivity contribution in [3.8, 4) is 0 Å². The standard InChI is InChI=1S/C6H8F3NO/c1-4(5(10)11)2-3-6(7,8)9/h2H,3H2,1H3,(H2,10,11). The number of rotatable bonds is 2. The van der Waals surface area contributed by atoms with Gasteiger partial charge in [0, 0.05) is 5.57 Å². The van der Waals surface area contributed by atoms with Crippen LogP contribution in [-0.2, 0) is 4.79 Å². The first kappa shape index (κ1) is 10.0. The second-order valence-corrected chi connectivity index (χ2v) is 2.07. The van der Waals surface area contributed by atoms with E-state index in [-0.39, 0.29) is 5.57 Å². The molecule has 1 amide bonds. The monoisotopic (exact) mass is 167 g/mol. The summed E-state index contributed by atoms with van der Waals surface area (Å²) in [6.45, 7) is 1.24. The van der Waals surface area contributed by atoms with E-state index in [1.807, 2.05) is 0 Å². The average molecular weight is 167 g/mol. The molecule has 0 aliphatic carbocycles. The van der Waals surface area contributed by atoms with Crippen molar-refractivity contribution in [3.05, 3.63) is 11.6 Å². The number of carbonyl (C=O) groups is 1. The number of halogens is 3. The third-order valence-corrected chi connectivity index (χ3v) is 1.03. The van der Waals surface area contributed by atoms with E-state index in [4.69, 9.17) is 5.73 Å². The van der Waals surface area contributed by atoms with E-state index < -0.39 is 18.5 Å². The first-order chi connectivity index (χ1) is 4.83. The molecule has 0 spiro atoms. The van der Waals surface area contributed by atoms with Crippen LogP contribution in [0.4, 0.5) is 13.2 Å². The van der Waals surface area contributed by atoms with Gasteiger partial charge in [0.2, 0.25) is 5.91 Å². The van der Waals surface area contributed by atoms with E-state index in [2.05, 4.69) is 0 Å². The Bertz CT molecular complexity index is 183. The second kappa shape index (κ2) is 3.41. The van der Waals surface area contributed by atoms with Gasteiger partial charge in [0.15, 0.2) is 0 Å². The quantitative estimate of drug-likeness (QED) is 0.620. The van der Waals surface area contributed by atoms with Gasteiger partial charge < -0.3 is 5.73 Å². The van der Waals surface area contributed by atoms with E-state index in [9.17, 15) is 18.0 Å². The Labute approximate surface area is 61.9 Å². The lowest BCUT2D eigenvalue weighted by atomic mass is 10.2. The Kier molecular flexibility index (Phi) is 3.10. The molecular formula is C6H8F3NO. The average Bonchev–Trinajstić information content (AvgIpc) is 1.80. The largest absolute Gasteiger partial charge is 0.392 e. The summed E-state index contributed by atoms with van der Waals surface area (Å²) >= 11 is 0. The lowest BCUT2D eigenvalue weighted by Gasteiger charge is -2.01. The van der Waals surface area contributed by atoms with Crippen LogP contribution in [0.3, 0.4) is 0 Å². The third-order valence-electron chi connectivity index (χ3n) is 1.03. The van der Waals surface area contributed by atoms with Crippen LogP contribution in [-0.4, -0.2) is 12.1 Å². The predicted molar refractivity (Wildman–Crippen MR) is 33.6 cm³/mol. The van der Waals surface area contributed by atoms with Crippen LogP contribution in [0.1, 0.15) is 13.3 Å². The van der Waals surface area contributed by atoms with E-state index in [0.717, 1.165) is 6.08 Å². The zero-order valence-corrected chi connectivity index (χ0v) is 5.90. The summed E-state index contributed by atoms with van der Waals surface area (Å²) in [5.74, 6) is -0.825. The molecule has 0 fully saturated rings. The maximum absolute atomic E-state index is 11.5. The van der Waals surface area contributed by atoms with E-state index in [1.165, 1.54) is 6.92 Å². The molecule has 0 aliphatic heterocycles. The maximum Gasteiger partial charge on any atom is 0.392 e. The van der Waals surface area contributed by atoms with Crippen molar-refractivity contribution in [2.45, 2.75) is 19.5 Å². The smallest absolute Gasteiger partial charge is 0.366 e. The molecule has 0 aromatic heterocycles. The highest BCUT2D eigenvalue weighted by atomic mass is 19.4. The number of amides is 1. The zero-order valence-electron chi connectivity index (χ0n) is 5.90. The second-order valence-electron chi connectivity index (χ2n) is 2.07. The lowest BCUT2D eigenvalue weighted by molar-refractivity contribution is -0.125. The van der Waals surface area contributed by atoms with E-state index >= 15 is 0 Å². The van der Waals surface area contributed by atoms with Gasteiger partial charge in [-0.15, -0.1) is 0 Å². The molecule has 0 aliphatic rings. The topological polar surface area (TPSA) is 43.1 Å². The molecule has 2 N–H and O–H groups in total. The van der Waals surface area contributed by atoms with Crippen LogP contribution in [0.15, 0.2) is 11.6 Å². The van der Waals surface area contributed by atoms with Crippen LogP contribution < -0.4 is 5.73 Å². The number of alkyl halides is 3. The van der Waals surface area contributed by atoms with Crippen molar-refractivity contribution >= 4 is 5.91 Å². The Morgan fingerprint density at radius 1 is 1.55 bits per heavy atom. The van der Waals surface area contributed by atoms with Crippen LogP contribution in [0.2, 0.25) is 0 Å². The number of carbonyl (C=O) groups excluding carboxylic acids is 1. The minimum atomic E-state index is -4.27. The van der Waals surface area contributed by atoms with E-state index in [1.54, 1.807) is 0 Å². The zero-order chi connectivity index (χ0) is 9.07. The summed E-state index contributed by atoms with van der Waals surface area (Å²) < 4.78 is 34.4. The summed E-state index contributed by atoms with van der Waals surface area (Å²) in [4.78, 5) is 10.2. The first-order valence-electron chi connectivity index (χ1n) is 2.86. The fourth-order valence-electron chi connectivity index (χ4n) is 0.369. The van der Waals surface area contributed by atoms with E-state index in [0.29, 0.717) is 0 Å². The molecule has 0 saturated carbocycles. The van der Waals surface area contributed by atoms with Crippen LogP contribution in [0, 0.1) is 0 Å². The van der Waals surface area contributed by atoms with Crippen molar-refractivity contribution in [2.24, 2.45) is 5.73 Å². The van der Waals surface area contributed by atoms with Gasteiger partial charge in [0.1, 0.15) is 0 Å². The van der Waals surface area contributed by atoms with Crippen LogP contribution in [0.25, 0.3) is 0 Å². The van der Waals surface area contributed by atoms with Crippen molar-refractivity contribution in [2.75, 3.05) is 0 Å².